The Labute approximate surface area is 175 Å². The van der Waals surface area contributed by atoms with Crippen molar-refractivity contribution < 1.29 is 14.3 Å². The van der Waals surface area contributed by atoms with Gasteiger partial charge in [-0.2, -0.15) is 4.52 Å². The highest BCUT2D eigenvalue weighted by Crippen LogP contribution is 2.14. The number of rotatable bonds is 9. The summed E-state index contributed by atoms with van der Waals surface area (Å²) in [4.78, 5) is 26.2. The number of hydrogen-bond acceptors (Lipinski definition) is 7. The van der Waals surface area contributed by atoms with E-state index in [1.807, 2.05) is 12.1 Å². The number of carbonyl (C=O) groups is 2. The molecule has 0 atom stereocenters. The Morgan fingerprint density at radius 3 is 2.43 bits per heavy atom. The molecule has 0 bridgehead atoms. The minimum atomic E-state index is -0.384. The smallest absolute Gasteiger partial charge is 0.338 e. The van der Waals surface area contributed by atoms with Gasteiger partial charge in [0.25, 0.3) is 0 Å². The molecule has 0 aliphatic heterocycles. The van der Waals surface area contributed by atoms with E-state index in [2.05, 4.69) is 39.4 Å². The molecule has 0 aliphatic rings. The number of carbonyl (C=O) groups excluding carboxylic acids is 2. The Hall–Kier alpha value is -3.49. The van der Waals surface area contributed by atoms with Gasteiger partial charge in [0, 0.05) is 31.6 Å². The molecule has 0 spiro atoms. The molecule has 158 valence electrons. The van der Waals surface area contributed by atoms with Crippen LogP contribution in [0, 0.1) is 0 Å². The summed E-state index contributed by atoms with van der Waals surface area (Å²) in [5.41, 5.74) is 1.71. The number of benzene rings is 1. The summed E-state index contributed by atoms with van der Waals surface area (Å²) in [5.74, 6) is 0.938. The van der Waals surface area contributed by atoms with E-state index in [-0.39, 0.29) is 18.3 Å². The third-order valence-electron chi connectivity index (χ3n) is 4.66. The molecule has 9 heteroatoms. The van der Waals surface area contributed by atoms with Gasteiger partial charge in [-0.05, 0) is 57.2 Å². The van der Waals surface area contributed by atoms with Crippen LogP contribution in [0.4, 0.5) is 11.5 Å². The number of nitrogens with zero attached hydrogens (tertiary/aromatic N) is 5. The fourth-order valence-electron chi connectivity index (χ4n) is 3.05. The Kier molecular flexibility index (Phi) is 6.95. The van der Waals surface area contributed by atoms with Crippen LogP contribution in [0.15, 0.2) is 36.4 Å². The summed E-state index contributed by atoms with van der Waals surface area (Å²) in [7, 11) is 0. The van der Waals surface area contributed by atoms with Gasteiger partial charge in [-0.3, -0.25) is 4.79 Å². The number of nitrogens with one attached hydrogen (secondary N) is 1. The van der Waals surface area contributed by atoms with E-state index in [0.717, 1.165) is 18.9 Å². The van der Waals surface area contributed by atoms with E-state index < -0.39 is 0 Å². The van der Waals surface area contributed by atoms with Crippen LogP contribution in [-0.2, 0) is 16.0 Å². The standard InChI is InChI=1S/C21H26N6O3/c1-4-26(5-2)19-12-11-17-23-24-18(27(17)25-19)13-14-20(28)22-16-9-7-15(8-10-16)21(29)30-6-3/h7-12H,4-6,13-14H2,1-3H3,(H,22,28). The zero-order valence-corrected chi connectivity index (χ0v) is 17.5. The van der Waals surface area contributed by atoms with E-state index in [1.165, 1.54) is 0 Å². The van der Waals surface area contributed by atoms with E-state index >= 15 is 0 Å². The lowest BCUT2D eigenvalue weighted by Gasteiger charge is -2.19. The SMILES string of the molecule is CCOC(=O)c1ccc(NC(=O)CCc2nnc3ccc(N(CC)CC)nn23)cc1. The first kappa shape index (κ1) is 21.2. The van der Waals surface area contributed by atoms with Crippen LogP contribution >= 0.6 is 0 Å². The molecule has 2 heterocycles. The van der Waals surface area contributed by atoms with E-state index in [9.17, 15) is 9.59 Å². The number of esters is 1. The monoisotopic (exact) mass is 410 g/mol. The number of aryl methyl sites for hydroxylation is 1. The van der Waals surface area contributed by atoms with Crippen LogP contribution in [0.2, 0.25) is 0 Å². The quantitative estimate of drug-likeness (QED) is 0.541. The average Bonchev–Trinajstić information content (AvgIpc) is 3.16. The molecule has 0 saturated carbocycles. The van der Waals surface area contributed by atoms with Crippen LogP contribution in [0.25, 0.3) is 5.65 Å². The van der Waals surface area contributed by atoms with Crippen molar-refractivity contribution in [3.05, 3.63) is 47.8 Å². The molecule has 30 heavy (non-hydrogen) atoms. The molecule has 1 amide bonds. The van der Waals surface area contributed by atoms with Gasteiger partial charge in [-0.1, -0.05) is 0 Å². The third kappa shape index (κ3) is 4.91. The van der Waals surface area contributed by atoms with Crippen LogP contribution in [0.5, 0.6) is 0 Å². The number of fused-ring (bicyclic) bond motifs is 1. The maximum atomic E-state index is 12.3. The topological polar surface area (TPSA) is 102 Å². The molecular weight excluding hydrogens is 384 g/mol. The molecule has 9 nitrogen and oxygen atoms in total. The summed E-state index contributed by atoms with van der Waals surface area (Å²) >= 11 is 0. The number of ether oxygens (including phenoxy) is 1. The van der Waals surface area contributed by atoms with Gasteiger partial charge >= 0.3 is 5.97 Å². The van der Waals surface area contributed by atoms with Crippen molar-refractivity contribution in [2.75, 3.05) is 29.9 Å². The summed E-state index contributed by atoms with van der Waals surface area (Å²) in [6, 6.07) is 10.4. The maximum Gasteiger partial charge on any atom is 0.338 e. The van der Waals surface area contributed by atoms with Crippen molar-refractivity contribution in [1.82, 2.24) is 19.8 Å². The Morgan fingerprint density at radius 1 is 1.03 bits per heavy atom. The van der Waals surface area contributed by atoms with Crippen molar-refractivity contribution >= 4 is 29.0 Å². The van der Waals surface area contributed by atoms with Crippen molar-refractivity contribution in [1.29, 1.82) is 0 Å². The second-order valence-corrected chi connectivity index (χ2v) is 6.60. The molecule has 0 saturated heterocycles. The number of amides is 1. The molecule has 0 radical (unpaired) electrons. The lowest BCUT2D eigenvalue weighted by molar-refractivity contribution is -0.116. The van der Waals surface area contributed by atoms with Crippen molar-refractivity contribution in [2.45, 2.75) is 33.6 Å². The molecule has 0 aliphatic carbocycles. The van der Waals surface area contributed by atoms with Gasteiger partial charge in [0.1, 0.15) is 5.82 Å². The fourth-order valence-corrected chi connectivity index (χ4v) is 3.05. The molecule has 0 unspecified atom stereocenters. The first-order valence-corrected chi connectivity index (χ1v) is 10.1. The van der Waals surface area contributed by atoms with E-state index in [4.69, 9.17) is 4.74 Å². The van der Waals surface area contributed by atoms with Crippen molar-refractivity contribution in [2.24, 2.45) is 0 Å². The van der Waals surface area contributed by atoms with Gasteiger partial charge in [0.05, 0.1) is 12.2 Å². The van der Waals surface area contributed by atoms with Crippen LogP contribution in [0.1, 0.15) is 43.4 Å². The molecule has 3 rings (SSSR count). The number of hydrogen-bond donors (Lipinski definition) is 1. The van der Waals surface area contributed by atoms with Crippen LogP contribution < -0.4 is 10.2 Å². The second kappa shape index (κ2) is 9.82. The lowest BCUT2D eigenvalue weighted by Crippen LogP contribution is -2.23. The summed E-state index contributed by atoms with van der Waals surface area (Å²) in [6.07, 6.45) is 0.639. The molecule has 0 fully saturated rings. The van der Waals surface area contributed by atoms with Crippen molar-refractivity contribution in [3.8, 4) is 0 Å². The Bertz CT molecular complexity index is 1010. The van der Waals surface area contributed by atoms with Crippen LogP contribution in [0.3, 0.4) is 0 Å². The maximum absolute atomic E-state index is 12.3. The lowest BCUT2D eigenvalue weighted by atomic mass is 10.2. The minimum absolute atomic E-state index is 0.157. The highest BCUT2D eigenvalue weighted by atomic mass is 16.5. The minimum Gasteiger partial charge on any atom is -0.462 e. The molecule has 1 aromatic carbocycles. The second-order valence-electron chi connectivity index (χ2n) is 6.60. The summed E-state index contributed by atoms with van der Waals surface area (Å²) in [5, 5.41) is 15.7. The summed E-state index contributed by atoms with van der Waals surface area (Å²) in [6.45, 7) is 7.93. The number of anilines is 2. The molecular formula is C21H26N6O3. The Balaban J connectivity index is 1.62. The Morgan fingerprint density at radius 2 is 1.77 bits per heavy atom. The predicted molar refractivity (Wildman–Crippen MR) is 114 cm³/mol. The van der Waals surface area contributed by atoms with Gasteiger partial charge in [0.15, 0.2) is 11.5 Å². The zero-order valence-electron chi connectivity index (χ0n) is 17.5. The average molecular weight is 410 g/mol. The van der Waals surface area contributed by atoms with Gasteiger partial charge < -0.3 is 15.0 Å². The van der Waals surface area contributed by atoms with E-state index in [0.29, 0.717) is 35.8 Å². The van der Waals surface area contributed by atoms with Crippen LogP contribution in [-0.4, -0.2) is 51.4 Å². The van der Waals surface area contributed by atoms with Gasteiger partial charge in [-0.25, -0.2) is 4.79 Å². The normalized spacial score (nSPS) is 10.8. The predicted octanol–water partition coefficient (Wildman–Crippen LogP) is 2.72. The molecule has 1 N–H and O–H groups in total. The summed E-state index contributed by atoms with van der Waals surface area (Å²) < 4.78 is 6.64. The zero-order chi connectivity index (χ0) is 21.5. The fraction of sp³-hybridized carbons (Fsp3) is 0.381. The molecule has 2 aromatic heterocycles. The first-order chi connectivity index (χ1) is 14.5. The van der Waals surface area contributed by atoms with Gasteiger partial charge in [-0.15, -0.1) is 15.3 Å². The van der Waals surface area contributed by atoms with Crippen molar-refractivity contribution in [3.63, 3.8) is 0 Å². The van der Waals surface area contributed by atoms with Gasteiger partial charge in [0.2, 0.25) is 5.91 Å². The number of aromatic nitrogens is 4. The third-order valence-corrected chi connectivity index (χ3v) is 4.66. The highest BCUT2D eigenvalue weighted by molar-refractivity contribution is 5.93. The largest absolute Gasteiger partial charge is 0.462 e. The van der Waals surface area contributed by atoms with E-state index in [1.54, 1.807) is 35.7 Å². The first-order valence-electron chi connectivity index (χ1n) is 10.1. The molecule has 3 aromatic rings. The highest BCUT2D eigenvalue weighted by Gasteiger charge is 2.13.